The van der Waals surface area contributed by atoms with Crippen molar-refractivity contribution in [3.8, 4) is 0 Å². The van der Waals surface area contributed by atoms with E-state index in [0.29, 0.717) is 10.6 Å². The van der Waals surface area contributed by atoms with Crippen LogP contribution >= 0.6 is 11.6 Å². The zero-order valence-corrected chi connectivity index (χ0v) is 14.1. The molecule has 0 aliphatic carbocycles. The Morgan fingerprint density at radius 3 is 2.69 bits per heavy atom. The zero-order valence-electron chi connectivity index (χ0n) is 13.4. The van der Waals surface area contributed by atoms with Crippen LogP contribution in [0.1, 0.15) is 29.1 Å². The van der Waals surface area contributed by atoms with Crippen molar-refractivity contribution in [2.45, 2.75) is 25.7 Å². The monoisotopic (exact) mass is 380 g/mol. The second-order valence-corrected chi connectivity index (χ2v) is 5.97. The molecule has 1 atom stereocenters. The van der Waals surface area contributed by atoms with Gasteiger partial charge in [0, 0.05) is 17.5 Å². The van der Waals surface area contributed by atoms with Crippen LogP contribution in [0.3, 0.4) is 0 Å². The molecule has 0 unspecified atom stereocenters. The Bertz CT molecular complexity index is 981. The number of alkyl halides is 1. The highest BCUT2D eigenvalue weighted by Crippen LogP contribution is 2.19. The molecular weight excluding hydrogens is 367 g/mol. The van der Waals surface area contributed by atoms with Crippen molar-refractivity contribution in [3.05, 3.63) is 79.2 Å². The third-order valence-corrected chi connectivity index (χ3v) is 3.91. The molecule has 136 valence electrons. The lowest BCUT2D eigenvalue weighted by Gasteiger charge is -2.08. The Balaban J connectivity index is 1.73. The van der Waals surface area contributed by atoms with Crippen LogP contribution in [0.4, 0.5) is 4.39 Å². The maximum Gasteiger partial charge on any atom is 0.329 e. The molecule has 0 spiro atoms. The summed E-state index contributed by atoms with van der Waals surface area (Å²) >= 11 is 5.80. The van der Waals surface area contributed by atoms with E-state index in [1.54, 1.807) is 24.3 Å². The molecule has 8 nitrogen and oxygen atoms in total. The van der Waals surface area contributed by atoms with Crippen LogP contribution in [0.2, 0.25) is 5.02 Å². The number of benzene rings is 1. The van der Waals surface area contributed by atoms with Crippen molar-refractivity contribution in [2.24, 2.45) is 0 Å². The van der Waals surface area contributed by atoms with Gasteiger partial charge in [0.1, 0.15) is 13.2 Å². The Labute approximate surface area is 150 Å². The first-order valence-corrected chi connectivity index (χ1v) is 7.98. The molecular formula is C16H14ClFN4O4. The number of nitrogens with one attached hydrogen (secondary N) is 1. The molecule has 26 heavy (non-hydrogen) atoms. The number of rotatable bonds is 6. The fourth-order valence-corrected chi connectivity index (χ4v) is 2.46. The number of aromatic nitrogens is 4. The van der Waals surface area contributed by atoms with Crippen molar-refractivity contribution in [3.63, 3.8) is 0 Å². The quantitative estimate of drug-likeness (QED) is 0.667. The molecule has 0 saturated carbocycles. The molecule has 3 aromatic rings. The second kappa shape index (κ2) is 7.63. The topological polar surface area (TPSA) is 114 Å². The van der Waals surface area contributed by atoms with Crippen LogP contribution in [0.15, 0.2) is 44.4 Å². The molecule has 0 aliphatic heterocycles. The Kier molecular flexibility index (Phi) is 5.29. The lowest BCUT2D eigenvalue weighted by atomic mass is 10.1. The molecule has 2 N–H and O–H groups in total. The summed E-state index contributed by atoms with van der Waals surface area (Å²) in [5.41, 5.74) is -0.919. The van der Waals surface area contributed by atoms with Gasteiger partial charge in [0.05, 0.1) is 11.8 Å². The predicted molar refractivity (Wildman–Crippen MR) is 89.7 cm³/mol. The third-order valence-electron chi connectivity index (χ3n) is 3.65. The van der Waals surface area contributed by atoms with Gasteiger partial charge in [0.2, 0.25) is 5.89 Å². The number of halogens is 2. The third kappa shape index (κ3) is 4.06. The molecule has 1 aromatic carbocycles. The molecule has 0 saturated heterocycles. The average Bonchev–Trinajstić information content (AvgIpc) is 3.05. The number of aliphatic hydroxyl groups excluding tert-OH is 1. The summed E-state index contributed by atoms with van der Waals surface area (Å²) in [5.74, 6) is 0.233. The van der Waals surface area contributed by atoms with E-state index < -0.39 is 24.0 Å². The lowest BCUT2D eigenvalue weighted by Crippen LogP contribution is -2.35. The van der Waals surface area contributed by atoms with Crippen molar-refractivity contribution in [1.29, 1.82) is 0 Å². The molecule has 0 aliphatic rings. The van der Waals surface area contributed by atoms with Gasteiger partial charge >= 0.3 is 5.69 Å². The van der Waals surface area contributed by atoms with Crippen molar-refractivity contribution in [1.82, 2.24) is 19.7 Å². The highest BCUT2D eigenvalue weighted by atomic mass is 35.5. The minimum Gasteiger partial charge on any atom is -0.388 e. The van der Waals surface area contributed by atoms with E-state index in [9.17, 15) is 19.1 Å². The summed E-state index contributed by atoms with van der Waals surface area (Å²) < 4.78 is 18.4. The van der Waals surface area contributed by atoms with Crippen molar-refractivity contribution < 1.29 is 14.0 Å². The van der Waals surface area contributed by atoms with Gasteiger partial charge < -0.3 is 14.6 Å². The Hall–Kier alpha value is -2.78. The molecule has 2 aromatic heterocycles. The van der Waals surface area contributed by atoms with E-state index in [1.165, 1.54) is 0 Å². The van der Waals surface area contributed by atoms with E-state index in [0.717, 1.165) is 10.6 Å². The van der Waals surface area contributed by atoms with Gasteiger partial charge in [-0.25, -0.2) is 9.18 Å². The predicted octanol–water partition coefficient (Wildman–Crippen LogP) is 1.37. The van der Waals surface area contributed by atoms with E-state index in [1.807, 2.05) is 0 Å². The minimum absolute atomic E-state index is 0.0175. The number of hydrogen-bond donors (Lipinski definition) is 2. The first kappa shape index (κ1) is 18.0. The van der Waals surface area contributed by atoms with Crippen LogP contribution in [-0.2, 0) is 19.6 Å². The normalized spacial score (nSPS) is 12.3. The summed E-state index contributed by atoms with van der Waals surface area (Å²) in [5, 5.41) is 14.5. The maximum absolute atomic E-state index is 12.5. The van der Waals surface area contributed by atoms with Crippen LogP contribution in [0.5, 0.6) is 0 Å². The van der Waals surface area contributed by atoms with Crippen LogP contribution < -0.4 is 11.2 Å². The Morgan fingerprint density at radius 2 is 2.04 bits per heavy atom. The Morgan fingerprint density at radius 1 is 1.31 bits per heavy atom. The number of aliphatic hydroxyl groups is 1. The van der Waals surface area contributed by atoms with E-state index >= 15 is 0 Å². The van der Waals surface area contributed by atoms with E-state index in [-0.39, 0.29) is 30.4 Å². The van der Waals surface area contributed by atoms with Gasteiger partial charge in [-0.1, -0.05) is 28.9 Å². The molecule has 2 heterocycles. The highest BCUT2D eigenvalue weighted by Gasteiger charge is 2.15. The first-order valence-electron chi connectivity index (χ1n) is 7.60. The summed E-state index contributed by atoms with van der Waals surface area (Å²) in [6.45, 7) is -1.20. The highest BCUT2D eigenvalue weighted by molar-refractivity contribution is 6.30. The standard InChI is InChI=1S/C16H14ClFN4O4/c17-10-3-1-9(2-4-10)12(23)6-13-20-14(26-21-13)8-22-15(24)5-11(7-18)19-16(22)25/h1-5,12,23H,6-8H2,(H,19,25)/t12-/m0/s1. The minimum atomic E-state index is -0.946. The van der Waals surface area contributed by atoms with Gasteiger partial charge in [-0.3, -0.25) is 9.36 Å². The second-order valence-electron chi connectivity index (χ2n) is 5.53. The molecule has 3 rings (SSSR count). The summed E-state index contributed by atoms with van der Waals surface area (Å²) in [6, 6.07) is 7.66. The number of aromatic amines is 1. The molecule has 0 fully saturated rings. The van der Waals surface area contributed by atoms with Gasteiger partial charge in [-0.15, -0.1) is 0 Å². The first-order chi connectivity index (χ1) is 12.5. The molecule has 0 bridgehead atoms. The summed E-state index contributed by atoms with van der Waals surface area (Å²) in [4.78, 5) is 30.0. The molecule has 0 amide bonds. The molecule has 10 heteroatoms. The zero-order chi connectivity index (χ0) is 18.7. The van der Waals surface area contributed by atoms with Crippen molar-refractivity contribution in [2.75, 3.05) is 0 Å². The fraction of sp³-hybridized carbons (Fsp3) is 0.250. The van der Waals surface area contributed by atoms with E-state index in [4.69, 9.17) is 16.1 Å². The smallest absolute Gasteiger partial charge is 0.329 e. The van der Waals surface area contributed by atoms with Gasteiger partial charge in [-0.05, 0) is 17.7 Å². The lowest BCUT2D eigenvalue weighted by molar-refractivity contribution is 0.174. The van der Waals surface area contributed by atoms with Crippen LogP contribution in [0, 0.1) is 0 Å². The SMILES string of the molecule is O=c1cc(CF)[nH]c(=O)n1Cc1nc(C[C@H](O)c2ccc(Cl)cc2)no1. The summed E-state index contributed by atoms with van der Waals surface area (Å²) in [7, 11) is 0. The van der Waals surface area contributed by atoms with Crippen LogP contribution in [-0.4, -0.2) is 24.8 Å². The molecule has 0 radical (unpaired) electrons. The van der Waals surface area contributed by atoms with Gasteiger partial charge in [0.25, 0.3) is 5.56 Å². The fourth-order valence-electron chi connectivity index (χ4n) is 2.34. The number of nitrogens with zero attached hydrogens (tertiary/aromatic N) is 3. The average molecular weight is 381 g/mol. The number of hydrogen-bond acceptors (Lipinski definition) is 6. The largest absolute Gasteiger partial charge is 0.388 e. The number of H-pyrrole nitrogens is 1. The maximum atomic E-state index is 12.5. The van der Waals surface area contributed by atoms with E-state index in [2.05, 4.69) is 15.1 Å². The van der Waals surface area contributed by atoms with Gasteiger partial charge in [0.15, 0.2) is 5.82 Å². The van der Waals surface area contributed by atoms with Gasteiger partial charge in [-0.2, -0.15) is 4.98 Å². The van der Waals surface area contributed by atoms with Crippen LogP contribution in [0.25, 0.3) is 0 Å². The summed E-state index contributed by atoms with van der Waals surface area (Å²) in [6.07, 6.45) is -0.787. The van der Waals surface area contributed by atoms with Crippen molar-refractivity contribution >= 4 is 11.6 Å².